The summed E-state index contributed by atoms with van der Waals surface area (Å²) >= 11 is 0. The molecular weight excluding hydrogens is 328 g/mol. The predicted octanol–water partition coefficient (Wildman–Crippen LogP) is 3.18. The number of methoxy groups -OCH3 is 1. The van der Waals surface area contributed by atoms with Crippen molar-refractivity contribution in [1.29, 1.82) is 0 Å². The van der Waals surface area contributed by atoms with E-state index < -0.39 is 0 Å². The topological polar surface area (TPSA) is 49.9 Å². The number of benzene rings is 1. The number of amides is 2. The van der Waals surface area contributed by atoms with Crippen molar-refractivity contribution in [3.05, 3.63) is 28.8 Å². The largest absolute Gasteiger partial charge is 0.496 e. The minimum absolute atomic E-state index is 0.0587. The Morgan fingerprint density at radius 1 is 0.923 bits per heavy atom. The van der Waals surface area contributed by atoms with Crippen LogP contribution in [0.25, 0.3) is 0 Å². The van der Waals surface area contributed by atoms with Crippen LogP contribution in [0.4, 0.5) is 0 Å². The summed E-state index contributed by atoms with van der Waals surface area (Å²) in [6.45, 7) is 6.68. The Bertz CT molecular complexity index is 680. The molecule has 5 nitrogen and oxygen atoms in total. The van der Waals surface area contributed by atoms with Gasteiger partial charge in [-0.25, -0.2) is 0 Å². The van der Waals surface area contributed by atoms with Crippen LogP contribution >= 0.6 is 0 Å². The van der Waals surface area contributed by atoms with E-state index in [1.807, 2.05) is 35.8 Å². The lowest BCUT2D eigenvalue weighted by molar-refractivity contribution is -0.135. The van der Waals surface area contributed by atoms with Crippen LogP contribution in [0, 0.1) is 19.8 Å². The van der Waals surface area contributed by atoms with E-state index in [2.05, 4.69) is 0 Å². The molecule has 1 aliphatic carbocycles. The quantitative estimate of drug-likeness (QED) is 0.834. The molecule has 1 heterocycles. The van der Waals surface area contributed by atoms with E-state index in [4.69, 9.17) is 4.74 Å². The summed E-state index contributed by atoms with van der Waals surface area (Å²) in [4.78, 5) is 29.6. The Hall–Kier alpha value is -2.04. The average Bonchev–Trinajstić information content (AvgIpc) is 3.07. The molecule has 26 heavy (non-hydrogen) atoms. The van der Waals surface area contributed by atoms with Gasteiger partial charge in [0.1, 0.15) is 5.75 Å². The molecule has 1 aromatic rings. The number of carbonyl (C=O) groups excluding carboxylic acids is 2. The highest BCUT2D eigenvalue weighted by Crippen LogP contribution is 2.28. The molecule has 0 radical (unpaired) electrons. The zero-order valence-corrected chi connectivity index (χ0v) is 16.2. The summed E-state index contributed by atoms with van der Waals surface area (Å²) in [5, 5.41) is 0. The summed E-state index contributed by atoms with van der Waals surface area (Å²) in [6.07, 6.45) is 5.25. The van der Waals surface area contributed by atoms with Gasteiger partial charge in [-0.3, -0.25) is 9.59 Å². The molecule has 0 spiro atoms. The van der Waals surface area contributed by atoms with Crippen LogP contribution < -0.4 is 4.74 Å². The van der Waals surface area contributed by atoms with Crippen LogP contribution in [-0.4, -0.2) is 54.9 Å². The fraction of sp³-hybridized carbons (Fsp3) is 0.619. The van der Waals surface area contributed by atoms with Crippen LogP contribution in [0.5, 0.6) is 5.75 Å². The van der Waals surface area contributed by atoms with E-state index >= 15 is 0 Å². The molecule has 0 atom stereocenters. The first-order chi connectivity index (χ1) is 12.5. The van der Waals surface area contributed by atoms with E-state index in [1.165, 1.54) is 12.8 Å². The summed E-state index contributed by atoms with van der Waals surface area (Å²) in [5.74, 6) is 1.38. The molecule has 5 heteroatoms. The second-order valence-electron chi connectivity index (χ2n) is 7.52. The molecule has 1 aromatic carbocycles. The van der Waals surface area contributed by atoms with Gasteiger partial charge in [-0.05, 0) is 56.4 Å². The van der Waals surface area contributed by atoms with Gasteiger partial charge in [0, 0.05) is 37.7 Å². The molecule has 1 aliphatic heterocycles. The zero-order valence-electron chi connectivity index (χ0n) is 16.2. The molecule has 142 valence electrons. The van der Waals surface area contributed by atoms with E-state index in [9.17, 15) is 9.59 Å². The number of ether oxygens (including phenoxy) is 1. The van der Waals surface area contributed by atoms with Gasteiger partial charge in [0.25, 0.3) is 5.91 Å². The van der Waals surface area contributed by atoms with Gasteiger partial charge in [0.15, 0.2) is 0 Å². The van der Waals surface area contributed by atoms with Crippen molar-refractivity contribution >= 4 is 11.8 Å². The maximum atomic E-state index is 13.0. The van der Waals surface area contributed by atoms with Crippen LogP contribution in [-0.2, 0) is 4.79 Å². The summed E-state index contributed by atoms with van der Waals surface area (Å²) in [7, 11) is 1.65. The average molecular weight is 358 g/mol. The molecule has 0 aromatic heterocycles. The van der Waals surface area contributed by atoms with Gasteiger partial charge in [-0.15, -0.1) is 0 Å². The minimum Gasteiger partial charge on any atom is -0.496 e. The third-order valence-electron chi connectivity index (χ3n) is 5.99. The second-order valence-corrected chi connectivity index (χ2v) is 7.52. The standard InChI is InChI=1S/C21H30N2O3/c1-15-16(2)19(26-3)10-9-18(15)21(25)23-12-6-11-22(13-14-23)20(24)17-7-4-5-8-17/h9-10,17H,4-8,11-14H2,1-3H3. The zero-order chi connectivity index (χ0) is 18.7. The van der Waals surface area contributed by atoms with Crippen molar-refractivity contribution in [2.75, 3.05) is 33.3 Å². The fourth-order valence-corrected chi connectivity index (χ4v) is 4.19. The summed E-state index contributed by atoms with van der Waals surface area (Å²) in [6, 6.07) is 3.72. The van der Waals surface area contributed by atoms with Gasteiger partial charge >= 0.3 is 0 Å². The van der Waals surface area contributed by atoms with Crippen molar-refractivity contribution in [2.45, 2.75) is 46.0 Å². The monoisotopic (exact) mass is 358 g/mol. The van der Waals surface area contributed by atoms with E-state index in [-0.39, 0.29) is 11.8 Å². The molecule has 3 rings (SSSR count). The summed E-state index contributed by atoms with van der Waals surface area (Å²) < 4.78 is 5.35. The molecule has 0 unspecified atom stereocenters. The van der Waals surface area contributed by atoms with Crippen molar-refractivity contribution in [1.82, 2.24) is 9.80 Å². The van der Waals surface area contributed by atoms with E-state index in [1.54, 1.807) is 7.11 Å². The molecule has 0 N–H and O–H groups in total. The number of carbonyl (C=O) groups is 2. The SMILES string of the molecule is COc1ccc(C(=O)N2CCCN(C(=O)C3CCCC3)CC2)c(C)c1C. The van der Waals surface area contributed by atoms with Crippen LogP contribution in [0.2, 0.25) is 0 Å². The molecule has 2 aliphatic rings. The Morgan fingerprint density at radius 2 is 1.58 bits per heavy atom. The normalized spacial score (nSPS) is 18.7. The number of hydrogen-bond acceptors (Lipinski definition) is 3. The lowest BCUT2D eigenvalue weighted by Gasteiger charge is -2.25. The van der Waals surface area contributed by atoms with E-state index in [0.717, 1.165) is 48.2 Å². The molecule has 2 amide bonds. The summed E-state index contributed by atoms with van der Waals surface area (Å²) in [5.41, 5.74) is 2.71. The molecular formula is C21H30N2O3. The second kappa shape index (κ2) is 8.11. The Balaban J connectivity index is 1.68. The van der Waals surface area contributed by atoms with E-state index in [0.29, 0.717) is 25.5 Å². The maximum Gasteiger partial charge on any atom is 0.254 e. The Morgan fingerprint density at radius 3 is 2.27 bits per heavy atom. The van der Waals surface area contributed by atoms with Gasteiger partial charge in [0.2, 0.25) is 5.91 Å². The van der Waals surface area contributed by atoms with Crippen LogP contribution in [0.1, 0.15) is 53.6 Å². The van der Waals surface area contributed by atoms with Crippen molar-refractivity contribution in [2.24, 2.45) is 5.92 Å². The first-order valence-electron chi connectivity index (χ1n) is 9.75. The molecule has 0 bridgehead atoms. The van der Waals surface area contributed by atoms with Crippen molar-refractivity contribution in [3.63, 3.8) is 0 Å². The number of hydrogen-bond donors (Lipinski definition) is 0. The van der Waals surface area contributed by atoms with Crippen LogP contribution in [0.15, 0.2) is 12.1 Å². The molecule has 1 saturated heterocycles. The first kappa shape index (κ1) is 18.7. The highest BCUT2D eigenvalue weighted by atomic mass is 16.5. The first-order valence-corrected chi connectivity index (χ1v) is 9.75. The third kappa shape index (κ3) is 3.71. The van der Waals surface area contributed by atoms with Gasteiger partial charge in [0.05, 0.1) is 7.11 Å². The van der Waals surface area contributed by atoms with Gasteiger partial charge in [-0.2, -0.15) is 0 Å². The smallest absolute Gasteiger partial charge is 0.254 e. The van der Waals surface area contributed by atoms with Crippen LogP contribution in [0.3, 0.4) is 0 Å². The fourth-order valence-electron chi connectivity index (χ4n) is 4.19. The van der Waals surface area contributed by atoms with Gasteiger partial charge < -0.3 is 14.5 Å². The molecule has 1 saturated carbocycles. The number of rotatable bonds is 3. The Labute approximate surface area is 156 Å². The van der Waals surface area contributed by atoms with Crippen molar-refractivity contribution in [3.8, 4) is 5.75 Å². The highest BCUT2D eigenvalue weighted by Gasteiger charge is 2.29. The minimum atomic E-state index is 0.0587. The van der Waals surface area contributed by atoms with Crippen molar-refractivity contribution < 1.29 is 14.3 Å². The number of nitrogens with zero attached hydrogens (tertiary/aromatic N) is 2. The third-order valence-corrected chi connectivity index (χ3v) is 5.99. The predicted molar refractivity (Wildman–Crippen MR) is 102 cm³/mol. The highest BCUT2D eigenvalue weighted by molar-refractivity contribution is 5.96. The lowest BCUT2D eigenvalue weighted by Crippen LogP contribution is -2.39. The molecule has 2 fully saturated rings. The Kier molecular flexibility index (Phi) is 5.84. The maximum absolute atomic E-state index is 13.0. The lowest BCUT2D eigenvalue weighted by atomic mass is 10.0. The van der Waals surface area contributed by atoms with Gasteiger partial charge in [-0.1, -0.05) is 12.8 Å².